The van der Waals surface area contributed by atoms with Crippen LogP contribution in [0.5, 0.6) is 17.2 Å². The van der Waals surface area contributed by atoms with Gasteiger partial charge in [0.15, 0.2) is 11.5 Å². The molecule has 2 aromatic carbocycles. The Morgan fingerprint density at radius 3 is 2.79 bits per heavy atom. The fraction of sp³-hybridized carbons (Fsp3) is 0.348. The van der Waals surface area contributed by atoms with Crippen LogP contribution in [0.4, 0.5) is 0 Å². The number of benzene rings is 2. The van der Waals surface area contributed by atoms with Gasteiger partial charge in [-0.05, 0) is 54.3 Å². The normalized spacial score (nSPS) is 15.9. The molecule has 0 N–H and O–H groups in total. The highest BCUT2D eigenvalue weighted by atomic mass is 16.7. The Kier molecular flexibility index (Phi) is 5.51. The summed E-state index contributed by atoms with van der Waals surface area (Å²) in [6.07, 6.45) is 7.99. The van der Waals surface area contributed by atoms with Crippen LogP contribution in [0.15, 0.2) is 48.5 Å². The molecule has 4 rings (SSSR count). The summed E-state index contributed by atoms with van der Waals surface area (Å²) >= 11 is 0. The Morgan fingerprint density at radius 1 is 1.14 bits per heavy atom. The zero-order valence-corrected chi connectivity index (χ0v) is 16.1. The van der Waals surface area contributed by atoms with Crippen LogP contribution in [0.25, 0.3) is 6.08 Å². The number of carbonyl (C=O) groups is 1. The Hall–Kier alpha value is -2.95. The fourth-order valence-electron chi connectivity index (χ4n) is 3.85. The fourth-order valence-corrected chi connectivity index (χ4v) is 3.85. The van der Waals surface area contributed by atoms with E-state index in [4.69, 9.17) is 14.2 Å². The minimum Gasteiger partial charge on any atom is -0.497 e. The number of hydrogen-bond donors (Lipinski definition) is 0. The lowest BCUT2D eigenvalue weighted by atomic mass is 10.1. The molecule has 2 aromatic rings. The van der Waals surface area contributed by atoms with Gasteiger partial charge in [0.2, 0.25) is 12.7 Å². The zero-order valence-electron chi connectivity index (χ0n) is 16.1. The SMILES string of the molecule is COc1cccc(C=CC(=O)N(Cc2ccc3c(c2)OCO3)C2CCCC2)c1. The van der Waals surface area contributed by atoms with Gasteiger partial charge < -0.3 is 19.1 Å². The number of rotatable bonds is 6. The molecule has 0 bridgehead atoms. The molecular weight excluding hydrogens is 354 g/mol. The van der Waals surface area contributed by atoms with Crippen molar-refractivity contribution in [3.05, 3.63) is 59.7 Å². The van der Waals surface area contributed by atoms with Gasteiger partial charge in [0, 0.05) is 18.7 Å². The number of fused-ring (bicyclic) bond motifs is 1. The molecule has 146 valence electrons. The molecule has 0 spiro atoms. The van der Waals surface area contributed by atoms with Gasteiger partial charge in [-0.15, -0.1) is 0 Å². The summed E-state index contributed by atoms with van der Waals surface area (Å²) in [5.74, 6) is 2.33. The Morgan fingerprint density at radius 2 is 1.96 bits per heavy atom. The van der Waals surface area contributed by atoms with E-state index in [2.05, 4.69) is 0 Å². The van der Waals surface area contributed by atoms with E-state index in [-0.39, 0.29) is 18.7 Å². The molecule has 0 atom stereocenters. The molecule has 28 heavy (non-hydrogen) atoms. The summed E-state index contributed by atoms with van der Waals surface area (Å²) in [6, 6.07) is 13.9. The van der Waals surface area contributed by atoms with E-state index in [1.54, 1.807) is 13.2 Å². The van der Waals surface area contributed by atoms with Crippen LogP contribution in [0.3, 0.4) is 0 Å². The van der Waals surface area contributed by atoms with Crippen molar-refractivity contribution in [2.75, 3.05) is 13.9 Å². The maximum absolute atomic E-state index is 13.0. The van der Waals surface area contributed by atoms with Gasteiger partial charge in [-0.1, -0.05) is 31.0 Å². The largest absolute Gasteiger partial charge is 0.497 e. The summed E-state index contributed by atoms with van der Waals surface area (Å²) in [4.78, 5) is 15.0. The van der Waals surface area contributed by atoms with E-state index in [0.29, 0.717) is 6.54 Å². The number of ether oxygens (including phenoxy) is 3. The summed E-state index contributed by atoms with van der Waals surface area (Å²) in [5, 5.41) is 0. The van der Waals surface area contributed by atoms with Gasteiger partial charge in [0.25, 0.3) is 0 Å². The summed E-state index contributed by atoms with van der Waals surface area (Å²) in [5.41, 5.74) is 2.00. The third-order valence-corrected chi connectivity index (χ3v) is 5.35. The summed E-state index contributed by atoms with van der Waals surface area (Å²) in [6.45, 7) is 0.829. The van der Waals surface area contributed by atoms with Crippen molar-refractivity contribution in [1.29, 1.82) is 0 Å². The van der Waals surface area contributed by atoms with Crippen LogP contribution < -0.4 is 14.2 Å². The average Bonchev–Trinajstić information content (AvgIpc) is 3.42. The van der Waals surface area contributed by atoms with E-state index >= 15 is 0 Å². The first-order valence-electron chi connectivity index (χ1n) is 9.74. The molecule has 0 radical (unpaired) electrons. The molecule has 1 fully saturated rings. The topological polar surface area (TPSA) is 48.0 Å². The molecule has 2 aliphatic rings. The predicted octanol–water partition coefficient (Wildman–Crippen LogP) is 4.41. The van der Waals surface area contributed by atoms with Gasteiger partial charge in [0.1, 0.15) is 5.75 Å². The van der Waals surface area contributed by atoms with Gasteiger partial charge in [0.05, 0.1) is 7.11 Å². The molecule has 5 heteroatoms. The molecule has 5 nitrogen and oxygen atoms in total. The first-order chi connectivity index (χ1) is 13.7. The molecule has 1 aliphatic carbocycles. The van der Waals surface area contributed by atoms with Crippen molar-refractivity contribution in [3.8, 4) is 17.2 Å². The van der Waals surface area contributed by atoms with Gasteiger partial charge in [-0.3, -0.25) is 4.79 Å². The molecule has 1 heterocycles. The molecule has 0 unspecified atom stereocenters. The number of carbonyl (C=O) groups excluding carboxylic acids is 1. The van der Waals surface area contributed by atoms with Gasteiger partial charge in [-0.25, -0.2) is 0 Å². The number of amides is 1. The third kappa shape index (κ3) is 4.14. The molecule has 1 aliphatic heterocycles. The van der Waals surface area contributed by atoms with E-state index in [1.165, 1.54) is 12.8 Å². The lowest BCUT2D eigenvalue weighted by Gasteiger charge is -2.28. The quantitative estimate of drug-likeness (QED) is 0.698. The molecule has 1 saturated carbocycles. The first-order valence-corrected chi connectivity index (χ1v) is 9.74. The third-order valence-electron chi connectivity index (χ3n) is 5.35. The number of hydrogen-bond acceptors (Lipinski definition) is 4. The standard InChI is InChI=1S/C23H25NO4/c1-26-20-8-4-5-17(13-20)10-12-23(25)24(19-6-2-3-7-19)15-18-9-11-21-22(14-18)28-16-27-21/h4-5,8-14,19H,2-3,6-7,15-16H2,1H3. The Labute approximate surface area is 165 Å². The average molecular weight is 379 g/mol. The van der Waals surface area contributed by atoms with Crippen LogP contribution in [0, 0.1) is 0 Å². The summed E-state index contributed by atoms with van der Waals surface area (Å²) < 4.78 is 16.1. The van der Waals surface area contributed by atoms with Gasteiger partial charge in [-0.2, -0.15) is 0 Å². The molecule has 0 aromatic heterocycles. The van der Waals surface area contributed by atoms with Crippen molar-refractivity contribution in [2.24, 2.45) is 0 Å². The van der Waals surface area contributed by atoms with E-state index in [0.717, 1.165) is 41.2 Å². The minimum absolute atomic E-state index is 0.0346. The van der Waals surface area contributed by atoms with Crippen LogP contribution in [0.2, 0.25) is 0 Å². The summed E-state index contributed by atoms with van der Waals surface area (Å²) in [7, 11) is 1.64. The molecular formula is C23H25NO4. The predicted molar refractivity (Wildman–Crippen MR) is 107 cm³/mol. The van der Waals surface area contributed by atoms with Crippen LogP contribution >= 0.6 is 0 Å². The maximum Gasteiger partial charge on any atom is 0.247 e. The maximum atomic E-state index is 13.0. The lowest BCUT2D eigenvalue weighted by molar-refractivity contribution is -0.128. The Balaban J connectivity index is 1.52. The lowest BCUT2D eigenvalue weighted by Crippen LogP contribution is -2.37. The smallest absolute Gasteiger partial charge is 0.247 e. The van der Waals surface area contributed by atoms with Crippen molar-refractivity contribution in [1.82, 2.24) is 4.90 Å². The van der Waals surface area contributed by atoms with E-state index < -0.39 is 0 Å². The Bertz CT molecular complexity index is 871. The number of methoxy groups -OCH3 is 1. The monoisotopic (exact) mass is 379 g/mol. The first kappa shape index (κ1) is 18.4. The second-order valence-electron chi connectivity index (χ2n) is 7.20. The highest BCUT2D eigenvalue weighted by molar-refractivity contribution is 5.92. The van der Waals surface area contributed by atoms with Crippen molar-refractivity contribution in [2.45, 2.75) is 38.3 Å². The van der Waals surface area contributed by atoms with Crippen molar-refractivity contribution < 1.29 is 19.0 Å². The van der Waals surface area contributed by atoms with Crippen molar-refractivity contribution >= 4 is 12.0 Å². The molecule has 0 saturated heterocycles. The van der Waals surface area contributed by atoms with E-state index in [9.17, 15) is 4.79 Å². The zero-order chi connectivity index (χ0) is 19.3. The highest BCUT2D eigenvalue weighted by Gasteiger charge is 2.26. The van der Waals surface area contributed by atoms with Gasteiger partial charge >= 0.3 is 0 Å². The highest BCUT2D eigenvalue weighted by Crippen LogP contribution is 2.33. The molecule has 1 amide bonds. The second-order valence-corrected chi connectivity index (χ2v) is 7.20. The second kappa shape index (κ2) is 8.38. The minimum atomic E-state index is 0.0346. The van der Waals surface area contributed by atoms with Crippen LogP contribution in [0.1, 0.15) is 36.8 Å². The van der Waals surface area contributed by atoms with Crippen LogP contribution in [-0.4, -0.2) is 30.8 Å². The number of nitrogens with zero attached hydrogens (tertiary/aromatic N) is 1. The van der Waals surface area contributed by atoms with Crippen LogP contribution in [-0.2, 0) is 11.3 Å². The van der Waals surface area contributed by atoms with E-state index in [1.807, 2.05) is 53.4 Å². The van der Waals surface area contributed by atoms with Crippen molar-refractivity contribution in [3.63, 3.8) is 0 Å².